The molecule has 1 aliphatic heterocycles. The van der Waals surface area contributed by atoms with E-state index in [0.29, 0.717) is 36.6 Å². The van der Waals surface area contributed by atoms with Crippen LogP contribution in [0.25, 0.3) is 0 Å². The lowest BCUT2D eigenvalue weighted by Crippen LogP contribution is -2.52. The normalized spacial score (nSPS) is 16.7. The van der Waals surface area contributed by atoms with Crippen LogP contribution in [0.4, 0.5) is 0 Å². The van der Waals surface area contributed by atoms with Crippen molar-refractivity contribution in [2.75, 3.05) is 13.1 Å². The zero-order valence-electron chi connectivity index (χ0n) is 16.7. The van der Waals surface area contributed by atoms with Gasteiger partial charge < -0.3 is 4.90 Å². The topological polar surface area (TPSA) is 57.7 Å². The molecule has 0 spiro atoms. The maximum atomic E-state index is 13.6. The van der Waals surface area contributed by atoms with Crippen molar-refractivity contribution in [3.63, 3.8) is 0 Å². The second-order valence-corrected chi connectivity index (χ2v) is 7.96. The first kappa shape index (κ1) is 19.4. The van der Waals surface area contributed by atoms with E-state index in [1.807, 2.05) is 42.2 Å². The molecule has 150 valence electrons. The summed E-state index contributed by atoms with van der Waals surface area (Å²) < 4.78 is 0. The zero-order valence-corrected chi connectivity index (χ0v) is 16.7. The Balaban J connectivity index is 1.67. The Morgan fingerprint density at radius 2 is 1.59 bits per heavy atom. The van der Waals surface area contributed by atoms with E-state index in [9.17, 15) is 14.4 Å². The van der Waals surface area contributed by atoms with Gasteiger partial charge in [-0.3, -0.25) is 19.3 Å². The average Bonchev–Trinajstić information content (AvgIpc) is 3.53. The molecule has 5 heteroatoms. The van der Waals surface area contributed by atoms with Crippen LogP contribution in [0.15, 0.2) is 54.6 Å². The van der Waals surface area contributed by atoms with Crippen LogP contribution in [0.3, 0.4) is 0 Å². The average molecular weight is 390 g/mol. The molecule has 0 bridgehead atoms. The van der Waals surface area contributed by atoms with Gasteiger partial charge in [-0.1, -0.05) is 49.4 Å². The minimum Gasteiger partial charge on any atom is -0.341 e. The molecule has 0 saturated heterocycles. The standard InChI is InChI=1S/C24H26N2O3/c1-2-14-25(16-18-12-13-18)24(29)21(15-17-8-4-3-5-9-17)26-22(27)19-10-6-7-11-20(19)23(26)28/h3-11,18,21H,2,12-16H2,1H3/t21-/m0/s1. The third-order valence-corrected chi connectivity index (χ3v) is 5.67. The summed E-state index contributed by atoms with van der Waals surface area (Å²) >= 11 is 0. The SMILES string of the molecule is CCCN(CC1CC1)C(=O)[C@H](Cc1ccccc1)N1C(=O)c2ccccc2C1=O. The summed E-state index contributed by atoms with van der Waals surface area (Å²) in [6, 6.07) is 15.6. The number of imide groups is 1. The predicted octanol–water partition coefficient (Wildman–Crippen LogP) is 3.54. The van der Waals surface area contributed by atoms with E-state index < -0.39 is 6.04 Å². The summed E-state index contributed by atoms with van der Waals surface area (Å²) in [5.74, 6) is -0.326. The van der Waals surface area contributed by atoms with Gasteiger partial charge in [0.05, 0.1) is 11.1 Å². The van der Waals surface area contributed by atoms with E-state index in [4.69, 9.17) is 0 Å². The second-order valence-electron chi connectivity index (χ2n) is 7.96. The van der Waals surface area contributed by atoms with Gasteiger partial charge in [-0.05, 0) is 42.9 Å². The highest BCUT2D eigenvalue weighted by molar-refractivity contribution is 6.22. The highest BCUT2D eigenvalue weighted by Crippen LogP contribution is 2.31. The number of carbonyl (C=O) groups excluding carboxylic acids is 3. The molecule has 2 aromatic carbocycles. The Bertz CT molecular complexity index is 886. The van der Waals surface area contributed by atoms with Crippen LogP contribution >= 0.6 is 0 Å². The quantitative estimate of drug-likeness (QED) is 0.648. The van der Waals surface area contributed by atoms with Crippen molar-refractivity contribution in [3.05, 3.63) is 71.3 Å². The van der Waals surface area contributed by atoms with E-state index in [1.54, 1.807) is 24.3 Å². The molecule has 1 saturated carbocycles. The lowest BCUT2D eigenvalue weighted by Gasteiger charge is -2.31. The van der Waals surface area contributed by atoms with E-state index in [-0.39, 0.29) is 17.7 Å². The molecule has 0 radical (unpaired) electrons. The molecule has 2 aromatic rings. The first-order valence-electron chi connectivity index (χ1n) is 10.4. The minimum absolute atomic E-state index is 0.128. The number of hydrogen-bond acceptors (Lipinski definition) is 3. The molecule has 4 rings (SSSR count). The summed E-state index contributed by atoms with van der Waals surface area (Å²) in [6.45, 7) is 3.40. The molecule has 1 fully saturated rings. The van der Waals surface area contributed by atoms with Crippen molar-refractivity contribution in [2.45, 2.75) is 38.6 Å². The molecule has 0 unspecified atom stereocenters. The zero-order chi connectivity index (χ0) is 20.4. The van der Waals surface area contributed by atoms with Gasteiger partial charge >= 0.3 is 0 Å². The van der Waals surface area contributed by atoms with Gasteiger partial charge in [-0.2, -0.15) is 0 Å². The summed E-state index contributed by atoms with van der Waals surface area (Å²) in [6.07, 6.45) is 3.46. The van der Waals surface area contributed by atoms with Crippen LogP contribution in [-0.2, 0) is 11.2 Å². The van der Waals surface area contributed by atoms with Crippen molar-refractivity contribution in [2.24, 2.45) is 5.92 Å². The summed E-state index contributed by atoms with van der Waals surface area (Å²) in [4.78, 5) is 42.8. The number of carbonyl (C=O) groups is 3. The summed E-state index contributed by atoms with van der Waals surface area (Å²) in [7, 11) is 0. The maximum absolute atomic E-state index is 13.6. The van der Waals surface area contributed by atoms with Crippen LogP contribution in [-0.4, -0.2) is 46.7 Å². The Morgan fingerprint density at radius 3 is 2.14 bits per heavy atom. The lowest BCUT2D eigenvalue weighted by molar-refractivity contribution is -0.135. The highest BCUT2D eigenvalue weighted by Gasteiger charge is 2.44. The van der Waals surface area contributed by atoms with Gasteiger partial charge in [0.25, 0.3) is 11.8 Å². The molecule has 5 nitrogen and oxygen atoms in total. The van der Waals surface area contributed by atoms with Crippen molar-refractivity contribution in [1.82, 2.24) is 9.80 Å². The predicted molar refractivity (Wildman–Crippen MR) is 110 cm³/mol. The first-order chi connectivity index (χ1) is 14.1. The van der Waals surface area contributed by atoms with Crippen LogP contribution in [0.5, 0.6) is 0 Å². The molecule has 1 atom stereocenters. The third kappa shape index (κ3) is 3.95. The summed E-state index contributed by atoms with van der Waals surface area (Å²) in [5, 5.41) is 0. The van der Waals surface area contributed by atoms with Gasteiger partial charge in [-0.15, -0.1) is 0 Å². The maximum Gasteiger partial charge on any atom is 0.262 e. The van der Waals surface area contributed by atoms with Crippen molar-refractivity contribution < 1.29 is 14.4 Å². The first-order valence-corrected chi connectivity index (χ1v) is 10.4. The monoisotopic (exact) mass is 390 g/mol. The number of benzene rings is 2. The van der Waals surface area contributed by atoms with Crippen LogP contribution in [0.1, 0.15) is 52.5 Å². The molecular formula is C24H26N2O3. The second kappa shape index (κ2) is 8.19. The molecule has 0 aromatic heterocycles. The Morgan fingerprint density at radius 1 is 1.00 bits per heavy atom. The molecule has 1 aliphatic carbocycles. The van der Waals surface area contributed by atoms with E-state index >= 15 is 0 Å². The molecule has 0 N–H and O–H groups in total. The highest BCUT2D eigenvalue weighted by atomic mass is 16.2. The van der Waals surface area contributed by atoms with Gasteiger partial charge in [0, 0.05) is 19.5 Å². The minimum atomic E-state index is -0.824. The number of hydrogen-bond donors (Lipinski definition) is 0. The van der Waals surface area contributed by atoms with Gasteiger partial charge in [-0.25, -0.2) is 0 Å². The molecule has 2 aliphatic rings. The van der Waals surface area contributed by atoms with Crippen LogP contribution < -0.4 is 0 Å². The fourth-order valence-corrected chi connectivity index (χ4v) is 4.00. The number of fused-ring (bicyclic) bond motifs is 1. The number of amides is 3. The van der Waals surface area contributed by atoms with Crippen molar-refractivity contribution >= 4 is 17.7 Å². The van der Waals surface area contributed by atoms with Gasteiger partial charge in [0.15, 0.2) is 0 Å². The summed E-state index contributed by atoms with van der Waals surface area (Å²) in [5.41, 5.74) is 1.70. The fraction of sp³-hybridized carbons (Fsp3) is 0.375. The van der Waals surface area contributed by atoms with Crippen molar-refractivity contribution in [3.8, 4) is 0 Å². The van der Waals surface area contributed by atoms with E-state index in [2.05, 4.69) is 0 Å². The van der Waals surface area contributed by atoms with E-state index in [1.165, 1.54) is 4.90 Å². The van der Waals surface area contributed by atoms with Gasteiger partial charge in [0.1, 0.15) is 6.04 Å². The van der Waals surface area contributed by atoms with Crippen LogP contribution in [0, 0.1) is 5.92 Å². The van der Waals surface area contributed by atoms with Gasteiger partial charge in [0.2, 0.25) is 5.91 Å². The Kier molecular flexibility index (Phi) is 5.47. The smallest absolute Gasteiger partial charge is 0.262 e. The largest absolute Gasteiger partial charge is 0.341 e. The van der Waals surface area contributed by atoms with Crippen LogP contribution in [0.2, 0.25) is 0 Å². The number of rotatable bonds is 8. The molecule has 29 heavy (non-hydrogen) atoms. The fourth-order valence-electron chi connectivity index (χ4n) is 4.00. The lowest BCUT2D eigenvalue weighted by atomic mass is 10.0. The Labute approximate surface area is 171 Å². The molecule has 1 heterocycles. The molecular weight excluding hydrogens is 364 g/mol. The van der Waals surface area contributed by atoms with Crippen molar-refractivity contribution in [1.29, 1.82) is 0 Å². The number of nitrogens with zero attached hydrogens (tertiary/aromatic N) is 2. The molecule has 3 amide bonds. The van der Waals surface area contributed by atoms with E-state index in [0.717, 1.165) is 24.8 Å². The third-order valence-electron chi connectivity index (χ3n) is 5.67. The Hall–Kier alpha value is -2.95.